The highest BCUT2D eigenvalue weighted by atomic mass is 16.5. The third-order valence-corrected chi connectivity index (χ3v) is 4.69. The molecule has 0 rings (SSSR count). The van der Waals surface area contributed by atoms with Gasteiger partial charge in [-0.05, 0) is 26.7 Å². The second-order valence-electron chi connectivity index (χ2n) is 7.66. The maximum atomic E-state index is 12.2. The zero-order valence-corrected chi connectivity index (χ0v) is 16.4. The molecule has 0 atom stereocenters. The first-order chi connectivity index (χ1) is 11.0. The Morgan fingerprint density at radius 1 is 0.696 bits per heavy atom. The molecule has 138 valence electrons. The molecule has 0 unspecified atom stereocenters. The van der Waals surface area contributed by atoms with Gasteiger partial charge in [0.1, 0.15) is 0 Å². The number of carbonyl (C=O) groups is 1. The highest BCUT2D eigenvalue weighted by Gasteiger charge is 2.28. The van der Waals surface area contributed by atoms with Crippen LogP contribution in [0.1, 0.15) is 118 Å². The van der Waals surface area contributed by atoms with E-state index < -0.39 is 0 Å². The molecule has 0 fully saturated rings. The number of ether oxygens (including phenoxy) is 1. The van der Waals surface area contributed by atoms with Crippen LogP contribution in [0.2, 0.25) is 0 Å². The van der Waals surface area contributed by atoms with E-state index in [0.29, 0.717) is 6.61 Å². The fourth-order valence-electron chi connectivity index (χ4n) is 2.87. The van der Waals surface area contributed by atoms with Crippen LogP contribution in [-0.4, -0.2) is 12.6 Å². The third kappa shape index (κ3) is 13.6. The molecule has 0 heterocycles. The zero-order chi connectivity index (χ0) is 17.4. The molecule has 2 heteroatoms. The van der Waals surface area contributed by atoms with Gasteiger partial charge in [-0.3, -0.25) is 4.79 Å². The van der Waals surface area contributed by atoms with Crippen LogP contribution in [0.15, 0.2) is 0 Å². The van der Waals surface area contributed by atoms with Crippen LogP contribution in [0.5, 0.6) is 0 Å². The number of rotatable bonds is 16. The molecule has 0 saturated carbocycles. The van der Waals surface area contributed by atoms with E-state index in [2.05, 4.69) is 13.8 Å². The fraction of sp³-hybridized carbons (Fsp3) is 0.952. The molecular formula is C21H42O2. The normalized spacial score (nSPS) is 11.7. The Hall–Kier alpha value is -0.530. The number of esters is 1. The molecular weight excluding hydrogens is 284 g/mol. The van der Waals surface area contributed by atoms with Crippen molar-refractivity contribution in [2.75, 3.05) is 6.61 Å². The summed E-state index contributed by atoms with van der Waals surface area (Å²) in [7, 11) is 0. The number of hydrogen-bond donors (Lipinski definition) is 0. The van der Waals surface area contributed by atoms with Crippen LogP contribution in [-0.2, 0) is 9.53 Å². The van der Waals surface area contributed by atoms with Gasteiger partial charge in [0.15, 0.2) is 0 Å². The van der Waals surface area contributed by atoms with E-state index >= 15 is 0 Å². The van der Waals surface area contributed by atoms with E-state index in [1.807, 2.05) is 13.8 Å². The second-order valence-corrected chi connectivity index (χ2v) is 7.66. The predicted molar refractivity (Wildman–Crippen MR) is 101 cm³/mol. The SMILES string of the molecule is CCCCCCCCCCOC(=O)C(C)(C)CCCCCCC. The Balaban J connectivity index is 3.55. The van der Waals surface area contributed by atoms with Crippen LogP contribution >= 0.6 is 0 Å². The summed E-state index contributed by atoms with van der Waals surface area (Å²) in [6.45, 7) is 9.15. The summed E-state index contributed by atoms with van der Waals surface area (Å²) in [5.41, 5.74) is -0.313. The van der Waals surface area contributed by atoms with Crippen LogP contribution in [0, 0.1) is 5.41 Å². The van der Waals surface area contributed by atoms with Gasteiger partial charge in [-0.25, -0.2) is 0 Å². The summed E-state index contributed by atoms with van der Waals surface area (Å²) in [4.78, 5) is 12.2. The van der Waals surface area contributed by atoms with Crippen molar-refractivity contribution in [2.24, 2.45) is 5.41 Å². The Morgan fingerprint density at radius 2 is 1.13 bits per heavy atom. The van der Waals surface area contributed by atoms with Crippen molar-refractivity contribution in [1.82, 2.24) is 0 Å². The van der Waals surface area contributed by atoms with E-state index in [9.17, 15) is 4.79 Å². The van der Waals surface area contributed by atoms with Crippen LogP contribution < -0.4 is 0 Å². The molecule has 2 nitrogen and oxygen atoms in total. The Labute approximate surface area is 145 Å². The van der Waals surface area contributed by atoms with Crippen LogP contribution in [0.25, 0.3) is 0 Å². The summed E-state index contributed by atoms with van der Waals surface area (Å²) in [6.07, 6.45) is 17.4. The van der Waals surface area contributed by atoms with Crippen molar-refractivity contribution in [3.8, 4) is 0 Å². The lowest BCUT2D eigenvalue weighted by atomic mass is 9.87. The number of unbranched alkanes of at least 4 members (excludes halogenated alkanes) is 11. The lowest BCUT2D eigenvalue weighted by Crippen LogP contribution is -2.27. The van der Waals surface area contributed by atoms with Gasteiger partial charge in [0, 0.05) is 0 Å². The molecule has 0 aromatic carbocycles. The summed E-state index contributed by atoms with van der Waals surface area (Å²) < 4.78 is 5.49. The first-order valence-corrected chi connectivity index (χ1v) is 10.2. The maximum Gasteiger partial charge on any atom is 0.311 e. The van der Waals surface area contributed by atoms with E-state index in [1.165, 1.54) is 70.6 Å². The standard InChI is InChI=1S/C21H42O2/c1-5-7-9-11-12-13-15-17-19-23-20(22)21(3,4)18-16-14-10-8-6-2/h5-19H2,1-4H3. The second kappa shape index (κ2) is 15.0. The molecule has 0 aliphatic heterocycles. The van der Waals surface area contributed by atoms with Gasteiger partial charge in [0.2, 0.25) is 0 Å². The lowest BCUT2D eigenvalue weighted by Gasteiger charge is -2.22. The van der Waals surface area contributed by atoms with Gasteiger partial charge >= 0.3 is 5.97 Å². The van der Waals surface area contributed by atoms with Crippen molar-refractivity contribution >= 4 is 5.97 Å². The minimum absolute atomic E-state index is 0.00376. The van der Waals surface area contributed by atoms with Gasteiger partial charge in [0.25, 0.3) is 0 Å². The molecule has 0 aromatic heterocycles. The van der Waals surface area contributed by atoms with E-state index in [-0.39, 0.29) is 11.4 Å². The maximum absolute atomic E-state index is 12.2. The lowest BCUT2D eigenvalue weighted by molar-refractivity contribution is -0.154. The topological polar surface area (TPSA) is 26.3 Å². The van der Waals surface area contributed by atoms with Gasteiger partial charge in [0.05, 0.1) is 12.0 Å². The minimum atomic E-state index is -0.313. The van der Waals surface area contributed by atoms with Crippen molar-refractivity contribution < 1.29 is 9.53 Å². The fourth-order valence-corrected chi connectivity index (χ4v) is 2.87. The van der Waals surface area contributed by atoms with Crippen molar-refractivity contribution in [1.29, 1.82) is 0 Å². The number of hydrogen-bond acceptors (Lipinski definition) is 2. The Kier molecular flexibility index (Phi) is 14.7. The van der Waals surface area contributed by atoms with Gasteiger partial charge < -0.3 is 4.74 Å². The predicted octanol–water partition coefficient (Wildman–Crippen LogP) is 7.06. The van der Waals surface area contributed by atoms with Crippen molar-refractivity contribution in [3.05, 3.63) is 0 Å². The Morgan fingerprint density at radius 3 is 1.65 bits per heavy atom. The van der Waals surface area contributed by atoms with Crippen molar-refractivity contribution in [3.63, 3.8) is 0 Å². The quantitative estimate of drug-likeness (QED) is 0.224. The summed E-state index contributed by atoms with van der Waals surface area (Å²) >= 11 is 0. The smallest absolute Gasteiger partial charge is 0.311 e. The van der Waals surface area contributed by atoms with Crippen molar-refractivity contribution in [2.45, 2.75) is 118 Å². The summed E-state index contributed by atoms with van der Waals surface area (Å²) in [5.74, 6) is -0.00376. The van der Waals surface area contributed by atoms with Gasteiger partial charge in [-0.2, -0.15) is 0 Å². The zero-order valence-electron chi connectivity index (χ0n) is 16.4. The molecule has 0 bridgehead atoms. The van der Waals surface area contributed by atoms with Gasteiger partial charge in [-0.15, -0.1) is 0 Å². The minimum Gasteiger partial charge on any atom is -0.465 e. The highest BCUT2D eigenvalue weighted by molar-refractivity contribution is 5.75. The number of carbonyl (C=O) groups excluding carboxylic acids is 1. The van der Waals surface area contributed by atoms with E-state index in [4.69, 9.17) is 4.74 Å². The molecule has 0 N–H and O–H groups in total. The highest BCUT2D eigenvalue weighted by Crippen LogP contribution is 2.26. The van der Waals surface area contributed by atoms with Crippen LogP contribution in [0.3, 0.4) is 0 Å². The monoisotopic (exact) mass is 326 g/mol. The van der Waals surface area contributed by atoms with Gasteiger partial charge in [-0.1, -0.05) is 90.9 Å². The first-order valence-electron chi connectivity index (χ1n) is 10.2. The first kappa shape index (κ1) is 22.5. The average molecular weight is 327 g/mol. The molecule has 0 aliphatic carbocycles. The third-order valence-electron chi connectivity index (χ3n) is 4.69. The van der Waals surface area contributed by atoms with E-state index in [0.717, 1.165) is 19.3 Å². The molecule has 0 aliphatic rings. The molecule has 0 aromatic rings. The summed E-state index contributed by atoms with van der Waals surface area (Å²) in [6, 6.07) is 0. The summed E-state index contributed by atoms with van der Waals surface area (Å²) in [5, 5.41) is 0. The van der Waals surface area contributed by atoms with Crippen LogP contribution in [0.4, 0.5) is 0 Å². The largest absolute Gasteiger partial charge is 0.465 e. The van der Waals surface area contributed by atoms with E-state index in [1.54, 1.807) is 0 Å². The molecule has 0 radical (unpaired) electrons. The molecule has 0 amide bonds. The Bertz CT molecular complexity index is 271. The molecule has 0 saturated heterocycles. The molecule has 0 spiro atoms. The molecule has 23 heavy (non-hydrogen) atoms. The average Bonchev–Trinajstić information content (AvgIpc) is 2.52.